The van der Waals surface area contributed by atoms with Crippen molar-refractivity contribution in [3.63, 3.8) is 0 Å². The monoisotopic (exact) mass is 303 g/mol. The first-order valence-corrected chi connectivity index (χ1v) is 6.44. The van der Waals surface area contributed by atoms with Crippen LogP contribution in [0.15, 0.2) is 24.3 Å². The van der Waals surface area contributed by atoms with Crippen molar-refractivity contribution in [1.29, 1.82) is 0 Å². The molecule has 21 heavy (non-hydrogen) atoms. The zero-order valence-electron chi connectivity index (χ0n) is 11.5. The van der Waals surface area contributed by atoms with Crippen LogP contribution in [0.25, 0.3) is 0 Å². The van der Waals surface area contributed by atoms with Gasteiger partial charge in [0.15, 0.2) is 0 Å². The smallest absolute Gasteiger partial charge is 0.406 e. The summed E-state index contributed by atoms with van der Waals surface area (Å²) in [6.07, 6.45) is -3.33. The van der Waals surface area contributed by atoms with Gasteiger partial charge in [-0.05, 0) is 30.7 Å². The number of carbonyl (C=O) groups excluding carboxylic acids is 1. The van der Waals surface area contributed by atoms with Crippen molar-refractivity contribution in [2.45, 2.75) is 25.9 Å². The summed E-state index contributed by atoms with van der Waals surface area (Å²) in [4.78, 5) is 23.5. The topological polar surface area (TPSA) is 57.6 Å². The van der Waals surface area contributed by atoms with Gasteiger partial charge < -0.3 is 10.0 Å². The fraction of sp³-hybridized carbons (Fsp3) is 0.429. The predicted molar refractivity (Wildman–Crippen MR) is 70.3 cm³/mol. The molecule has 0 spiro atoms. The molecule has 1 aromatic rings. The van der Waals surface area contributed by atoms with E-state index in [2.05, 4.69) is 0 Å². The van der Waals surface area contributed by atoms with Gasteiger partial charge in [-0.2, -0.15) is 13.2 Å². The third kappa shape index (κ3) is 5.45. The van der Waals surface area contributed by atoms with E-state index in [1.165, 1.54) is 24.3 Å². The van der Waals surface area contributed by atoms with E-state index in [0.717, 1.165) is 4.90 Å². The van der Waals surface area contributed by atoms with E-state index in [1.54, 1.807) is 0 Å². The minimum atomic E-state index is -4.47. The Kier molecular flexibility index (Phi) is 5.75. The molecule has 1 rings (SSSR count). The number of nitrogens with zero attached hydrogens (tertiary/aromatic N) is 1. The molecule has 0 radical (unpaired) electrons. The van der Waals surface area contributed by atoms with Crippen LogP contribution in [0.2, 0.25) is 0 Å². The summed E-state index contributed by atoms with van der Waals surface area (Å²) in [5, 5.41) is 8.75. The number of carboxylic acid groups (broad SMARTS) is 1. The second-order valence-corrected chi connectivity index (χ2v) is 4.58. The van der Waals surface area contributed by atoms with E-state index in [-0.39, 0.29) is 17.7 Å². The lowest BCUT2D eigenvalue weighted by molar-refractivity contribution is -0.140. The molecule has 1 N–H and O–H groups in total. The fourth-order valence-corrected chi connectivity index (χ4v) is 1.76. The number of rotatable bonds is 6. The highest BCUT2D eigenvalue weighted by molar-refractivity contribution is 5.95. The Hall–Kier alpha value is -2.05. The molecule has 0 saturated carbocycles. The van der Waals surface area contributed by atoms with Crippen LogP contribution < -0.4 is 0 Å². The van der Waals surface area contributed by atoms with Crippen LogP contribution in [-0.2, 0) is 0 Å². The summed E-state index contributed by atoms with van der Waals surface area (Å²) in [6.45, 7) is 0.514. The highest BCUT2D eigenvalue weighted by atomic mass is 19.4. The Labute approximate surface area is 120 Å². The Balaban J connectivity index is 2.90. The van der Waals surface area contributed by atoms with E-state index < -0.39 is 24.6 Å². The molecule has 7 heteroatoms. The van der Waals surface area contributed by atoms with Gasteiger partial charge in [0.25, 0.3) is 5.91 Å². The van der Waals surface area contributed by atoms with E-state index in [9.17, 15) is 22.8 Å². The minimum Gasteiger partial charge on any atom is -0.478 e. The van der Waals surface area contributed by atoms with Crippen molar-refractivity contribution in [2.75, 3.05) is 13.1 Å². The van der Waals surface area contributed by atoms with Crippen molar-refractivity contribution in [1.82, 2.24) is 4.90 Å². The molecule has 0 saturated heterocycles. The highest BCUT2D eigenvalue weighted by Gasteiger charge is 2.33. The van der Waals surface area contributed by atoms with Crippen LogP contribution in [0.3, 0.4) is 0 Å². The number of unbranched alkanes of at least 4 members (excludes halogenated alkanes) is 1. The lowest BCUT2D eigenvalue weighted by atomic mass is 10.1. The Morgan fingerprint density at radius 3 is 2.10 bits per heavy atom. The van der Waals surface area contributed by atoms with E-state index in [0.29, 0.717) is 12.8 Å². The maximum absolute atomic E-state index is 12.5. The SMILES string of the molecule is CCCCN(CC(F)(F)F)C(=O)c1ccc(C(=O)O)cc1. The van der Waals surface area contributed by atoms with Gasteiger partial charge >= 0.3 is 12.1 Å². The summed E-state index contributed by atoms with van der Waals surface area (Å²) >= 11 is 0. The van der Waals surface area contributed by atoms with Crippen LogP contribution in [0.5, 0.6) is 0 Å². The molecular weight excluding hydrogens is 287 g/mol. The van der Waals surface area contributed by atoms with Gasteiger partial charge in [0.1, 0.15) is 6.54 Å². The molecule has 0 aromatic heterocycles. The number of carbonyl (C=O) groups is 2. The fourth-order valence-electron chi connectivity index (χ4n) is 1.76. The summed E-state index contributed by atoms with van der Waals surface area (Å²) in [6, 6.07) is 4.84. The molecule has 0 unspecified atom stereocenters. The van der Waals surface area contributed by atoms with Crippen LogP contribution >= 0.6 is 0 Å². The first-order chi connectivity index (χ1) is 9.74. The van der Waals surface area contributed by atoms with Crippen molar-refractivity contribution in [3.8, 4) is 0 Å². The first-order valence-electron chi connectivity index (χ1n) is 6.44. The second kappa shape index (κ2) is 7.10. The average Bonchev–Trinajstić information content (AvgIpc) is 2.41. The van der Waals surface area contributed by atoms with Crippen molar-refractivity contribution in [2.24, 2.45) is 0 Å². The molecule has 0 heterocycles. The molecular formula is C14H16F3NO3. The molecule has 0 aliphatic rings. The molecule has 0 atom stereocenters. The maximum atomic E-state index is 12.5. The molecule has 0 bridgehead atoms. The summed E-state index contributed by atoms with van der Waals surface area (Å²) in [5.41, 5.74) is 0.0165. The van der Waals surface area contributed by atoms with Gasteiger partial charge in [0.05, 0.1) is 5.56 Å². The number of benzene rings is 1. The van der Waals surface area contributed by atoms with Crippen LogP contribution in [0, 0.1) is 0 Å². The molecule has 1 amide bonds. The standard InChI is InChI=1S/C14H16F3NO3/c1-2-3-8-18(9-14(15,16)17)12(19)10-4-6-11(7-5-10)13(20)21/h4-7H,2-3,8-9H2,1H3,(H,20,21). The van der Waals surface area contributed by atoms with Crippen LogP contribution in [0.1, 0.15) is 40.5 Å². The van der Waals surface area contributed by atoms with Crippen LogP contribution in [-0.4, -0.2) is 41.1 Å². The lowest BCUT2D eigenvalue weighted by Gasteiger charge is -2.24. The van der Waals surface area contributed by atoms with E-state index in [1.807, 2.05) is 6.92 Å². The number of alkyl halides is 3. The van der Waals surface area contributed by atoms with Crippen molar-refractivity contribution < 1.29 is 27.9 Å². The normalized spacial score (nSPS) is 11.2. The van der Waals surface area contributed by atoms with Gasteiger partial charge in [-0.1, -0.05) is 13.3 Å². The summed E-state index contributed by atoms with van der Waals surface area (Å²) in [7, 11) is 0. The Morgan fingerprint density at radius 2 is 1.67 bits per heavy atom. The lowest BCUT2D eigenvalue weighted by Crippen LogP contribution is -2.39. The minimum absolute atomic E-state index is 0.00945. The quantitative estimate of drug-likeness (QED) is 0.878. The number of hydrogen-bond donors (Lipinski definition) is 1. The highest BCUT2D eigenvalue weighted by Crippen LogP contribution is 2.19. The van der Waals surface area contributed by atoms with E-state index >= 15 is 0 Å². The second-order valence-electron chi connectivity index (χ2n) is 4.58. The first kappa shape index (κ1) is 17.0. The number of hydrogen-bond acceptors (Lipinski definition) is 2. The number of halogens is 3. The molecule has 0 fully saturated rings. The van der Waals surface area contributed by atoms with Gasteiger partial charge in [0, 0.05) is 12.1 Å². The molecule has 0 aliphatic heterocycles. The maximum Gasteiger partial charge on any atom is 0.406 e. The predicted octanol–water partition coefficient (Wildman–Crippen LogP) is 3.19. The number of carboxylic acids is 1. The molecule has 4 nitrogen and oxygen atoms in total. The molecule has 1 aromatic carbocycles. The van der Waals surface area contributed by atoms with Crippen molar-refractivity contribution >= 4 is 11.9 Å². The number of aromatic carboxylic acids is 1. The third-order valence-electron chi connectivity index (χ3n) is 2.82. The Morgan fingerprint density at radius 1 is 1.14 bits per heavy atom. The molecule has 116 valence electrons. The average molecular weight is 303 g/mol. The van der Waals surface area contributed by atoms with Gasteiger partial charge in [-0.3, -0.25) is 4.79 Å². The Bertz CT molecular complexity index is 497. The van der Waals surface area contributed by atoms with Gasteiger partial charge in [-0.15, -0.1) is 0 Å². The largest absolute Gasteiger partial charge is 0.478 e. The molecule has 0 aliphatic carbocycles. The van der Waals surface area contributed by atoms with Crippen LogP contribution in [0.4, 0.5) is 13.2 Å². The number of amides is 1. The van der Waals surface area contributed by atoms with E-state index in [4.69, 9.17) is 5.11 Å². The van der Waals surface area contributed by atoms with Gasteiger partial charge in [-0.25, -0.2) is 4.79 Å². The van der Waals surface area contributed by atoms with Crippen molar-refractivity contribution in [3.05, 3.63) is 35.4 Å². The summed E-state index contributed by atoms with van der Waals surface area (Å²) < 4.78 is 37.5. The summed E-state index contributed by atoms with van der Waals surface area (Å²) in [5.74, 6) is -1.91. The van der Waals surface area contributed by atoms with Gasteiger partial charge in [0.2, 0.25) is 0 Å². The zero-order valence-corrected chi connectivity index (χ0v) is 11.5. The zero-order chi connectivity index (χ0) is 16.0. The third-order valence-corrected chi connectivity index (χ3v) is 2.82.